The highest BCUT2D eigenvalue weighted by Gasteiger charge is 2.33. The second-order valence-corrected chi connectivity index (χ2v) is 8.68. The highest BCUT2D eigenvalue weighted by atomic mass is 16.3. The van der Waals surface area contributed by atoms with Crippen LogP contribution in [-0.4, -0.2) is 53.4 Å². The lowest BCUT2D eigenvalue weighted by Crippen LogP contribution is -2.54. The van der Waals surface area contributed by atoms with Gasteiger partial charge in [0.15, 0.2) is 5.82 Å². The highest BCUT2D eigenvalue weighted by molar-refractivity contribution is 5.94. The number of hydrogen-bond donors (Lipinski definition) is 3. The van der Waals surface area contributed by atoms with E-state index in [-0.39, 0.29) is 11.7 Å². The first-order valence-corrected chi connectivity index (χ1v) is 11.0. The number of amides is 1. The summed E-state index contributed by atoms with van der Waals surface area (Å²) in [6.07, 6.45) is 7.64. The van der Waals surface area contributed by atoms with Gasteiger partial charge in [0.25, 0.3) is 0 Å². The van der Waals surface area contributed by atoms with E-state index in [4.69, 9.17) is 0 Å². The first-order valence-electron chi connectivity index (χ1n) is 11.0. The third-order valence-corrected chi connectivity index (χ3v) is 6.57. The van der Waals surface area contributed by atoms with Crippen LogP contribution in [0.25, 0.3) is 16.8 Å². The lowest BCUT2D eigenvalue weighted by Gasteiger charge is -2.43. The van der Waals surface area contributed by atoms with Gasteiger partial charge in [0.1, 0.15) is 5.75 Å². The van der Waals surface area contributed by atoms with Crippen molar-refractivity contribution in [1.29, 1.82) is 0 Å². The molecule has 3 heterocycles. The Balaban J connectivity index is 1.49. The van der Waals surface area contributed by atoms with Gasteiger partial charge in [-0.25, -0.2) is 0 Å². The number of piperidine rings is 2. The molecule has 4 rings (SSSR count). The van der Waals surface area contributed by atoms with Crippen LogP contribution in [0, 0.1) is 0 Å². The van der Waals surface area contributed by atoms with Crippen LogP contribution in [0.5, 0.6) is 5.75 Å². The Morgan fingerprint density at radius 3 is 2.55 bits per heavy atom. The largest absolute Gasteiger partial charge is 0.507 e. The Hall–Kier alpha value is -2.93. The van der Waals surface area contributed by atoms with E-state index in [1.165, 1.54) is 25.3 Å². The summed E-state index contributed by atoms with van der Waals surface area (Å²) in [5.74, 6) is 0.793. The molecule has 0 unspecified atom stereocenters. The number of aromatic hydroxyl groups is 1. The van der Waals surface area contributed by atoms with E-state index in [1.807, 2.05) is 31.2 Å². The van der Waals surface area contributed by atoms with Crippen LogP contribution in [-0.2, 0) is 4.79 Å². The van der Waals surface area contributed by atoms with Crippen molar-refractivity contribution in [2.75, 3.05) is 19.0 Å². The Labute approximate surface area is 183 Å². The van der Waals surface area contributed by atoms with Crippen molar-refractivity contribution < 1.29 is 9.90 Å². The maximum atomic E-state index is 11.6. The van der Waals surface area contributed by atoms with E-state index < -0.39 is 0 Å². The SMILES string of the molecule is CNC(=O)/C=C(\C)c1ccc(-c2ccc(N(C)[C@@H]3C[C@H]4CCC[C@@H](C3)N4)nn2)c(O)c1. The average molecular weight is 422 g/mol. The quantitative estimate of drug-likeness (QED) is 0.643. The molecule has 2 aliphatic heterocycles. The summed E-state index contributed by atoms with van der Waals surface area (Å²) in [7, 11) is 3.69. The number of nitrogens with zero attached hydrogens (tertiary/aromatic N) is 3. The Bertz CT molecular complexity index is 960. The number of likely N-dealkylation sites (N-methyl/N-ethyl adjacent to an activating group) is 1. The van der Waals surface area contributed by atoms with Crippen molar-refractivity contribution in [2.24, 2.45) is 0 Å². The number of phenolic OH excluding ortho intramolecular Hbond substituents is 1. The summed E-state index contributed by atoms with van der Waals surface area (Å²) in [6.45, 7) is 1.84. The van der Waals surface area contributed by atoms with E-state index in [9.17, 15) is 9.90 Å². The zero-order valence-corrected chi connectivity index (χ0v) is 18.4. The molecule has 2 aromatic rings. The van der Waals surface area contributed by atoms with Crippen LogP contribution in [0.2, 0.25) is 0 Å². The third-order valence-electron chi connectivity index (χ3n) is 6.57. The van der Waals surface area contributed by atoms with Crippen LogP contribution in [0.3, 0.4) is 0 Å². The van der Waals surface area contributed by atoms with Crippen LogP contribution in [0.4, 0.5) is 5.82 Å². The lowest BCUT2D eigenvalue weighted by molar-refractivity contribution is -0.116. The van der Waals surface area contributed by atoms with Crippen molar-refractivity contribution in [3.8, 4) is 17.0 Å². The molecule has 0 aliphatic carbocycles. The van der Waals surface area contributed by atoms with Gasteiger partial charge in [-0.3, -0.25) is 4.79 Å². The van der Waals surface area contributed by atoms with Gasteiger partial charge in [-0.1, -0.05) is 12.5 Å². The molecule has 0 radical (unpaired) electrons. The molecule has 0 saturated carbocycles. The number of allylic oxidation sites excluding steroid dienone is 1. The van der Waals surface area contributed by atoms with E-state index in [2.05, 4.69) is 32.8 Å². The summed E-state index contributed by atoms with van der Waals surface area (Å²) >= 11 is 0. The molecule has 0 spiro atoms. The minimum atomic E-state index is -0.177. The molecule has 2 saturated heterocycles. The fourth-order valence-corrected chi connectivity index (χ4v) is 4.74. The summed E-state index contributed by atoms with van der Waals surface area (Å²) in [4.78, 5) is 13.8. The van der Waals surface area contributed by atoms with Gasteiger partial charge >= 0.3 is 0 Å². The molecule has 3 N–H and O–H groups in total. The van der Waals surface area contributed by atoms with Gasteiger partial charge < -0.3 is 20.6 Å². The Morgan fingerprint density at radius 1 is 1.19 bits per heavy atom. The van der Waals surface area contributed by atoms with Gasteiger partial charge in [0.05, 0.1) is 5.69 Å². The normalized spacial score (nSPS) is 23.3. The first kappa shape index (κ1) is 21.3. The Morgan fingerprint density at radius 2 is 1.94 bits per heavy atom. The number of carbonyl (C=O) groups excluding carboxylic acids is 1. The zero-order chi connectivity index (χ0) is 22.0. The molecule has 1 amide bonds. The number of nitrogens with one attached hydrogen (secondary N) is 2. The Kier molecular flexibility index (Phi) is 6.23. The summed E-state index contributed by atoms with van der Waals surface area (Å²) in [6, 6.07) is 10.9. The first-order chi connectivity index (χ1) is 14.9. The second-order valence-electron chi connectivity index (χ2n) is 8.68. The lowest BCUT2D eigenvalue weighted by atomic mass is 9.83. The third kappa shape index (κ3) is 4.71. The monoisotopic (exact) mass is 421 g/mol. The van der Waals surface area contributed by atoms with E-state index in [1.54, 1.807) is 13.1 Å². The standard InChI is InChI=1S/C24H31N5O2/c1-15(11-24(31)25-2)16-7-8-20(22(30)12-16)21-9-10-23(28-27-21)29(3)19-13-17-5-4-6-18(14-19)26-17/h7-12,17-19,26,30H,4-6,13-14H2,1-3H3,(H,25,31)/b15-11+/t17-,18+,19-. The molecule has 1 aromatic carbocycles. The minimum Gasteiger partial charge on any atom is -0.507 e. The number of hydrogen-bond acceptors (Lipinski definition) is 6. The summed E-state index contributed by atoms with van der Waals surface area (Å²) in [5, 5.41) is 25.7. The number of phenols is 1. The summed E-state index contributed by atoms with van der Waals surface area (Å²) in [5.41, 5.74) is 2.80. The van der Waals surface area contributed by atoms with Crippen LogP contribution < -0.4 is 15.5 Å². The van der Waals surface area contributed by atoms with Crippen LogP contribution >= 0.6 is 0 Å². The molecule has 3 atom stereocenters. The average Bonchev–Trinajstić information content (AvgIpc) is 2.78. The molecular formula is C24H31N5O2. The maximum Gasteiger partial charge on any atom is 0.244 e. The number of aromatic nitrogens is 2. The van der Waals surface area contributed by atoms with Crippen molar-refractivity contribution in [1.82, 2.24) is 20.8 Å². The predicted molar refractivity (Wildman–Crippen MR) is 123 cm³/mol. The smallest absolute Gasteiger partial charge is 0.244 e. The molecule has 164 valence electrons. The molecule has 31 heavy (non-hydrogen) atoms. The van der Waals surface area contributed by atoms with Gasteiger partial charge in [0, 0.05) is 43.9 Å². The topological polar surface area (TPSA) is 90.4 Å². The van der Waals surface area contributed by atoms with Crippen molar-refractivity contribution >= 4 is 17.3 Å². The zero-order valence-electron chi connectivity index (χ0n) is 18.4. The number of fused-ring (bicyclic) bond motifs is 2. The number of rotatable bonds is 5. The van der Waals surface area contributed by atoms with Gasteiger partial charge in [-0.2, -0.15) is 0 Å². The molecule has 1 aromatic heterocycles. The number of carbonyl (C=O) groups is 1. The maximum absolute atomic E-state index is 11.6. The predicted octanol–water partition coefficient (Wildman–Crippen LogP) is 3.11. The summed E-state index contributed by atoms with van der Waals surface area (Å²) < 4.78 is 0. The van der Waals surface area contributed by atoms with Gasteiger partial charge in [0.2, 0.25) is 5.91 Å². The number of benzene rings is 1. The van der Waals surface area contributed by atoms with Crippen molar-refractivity contribution in [3.63, 3.8) is 0 Å². The van der Waals surface area contributed by atoms with E-state index >= 15 is 0 Å². The van der Waals surface area contributed by atoms with Gasteiger partial charge in [-0.15, -0.1) is 10.2 Å². The van der Waals surface area contributed by atoms with E-state index in [0.29, 0.717) is 29.4 Å². The highest BCUT2D eigenvalue weighted by Crippen LogP contribution is 2.32. The molecule has 2 fully saturated rings. The number of anilines is 1. The van der Waals surface area contributed by atoms with E-state index in [0.717, 1.165) is 29.8 Å². The molecule has 7 heteroatoms. The fourth-order valence-electron chi connectivity index (χ4n) is 4.74. The second kappa shape index (κ2) is 9.06. The molecule has 7 nitrogen and oxygen atoms in total. The van der Waals surface area contributed by atoms with Gasteiger partial charge in [-0.05, 0) is 68.0 Å². The molecule has 2 aliphatic rings. The molecule has 2 bridgehead atoms. The van der Waals surface area contributed by atoms with Crippen LogP contribution in [0.1, 0.15) is 44.6 Å². The minimum absolute atomic E-state index is 0.115. The fraction of sp³-hybridized carbons (Fsp3) is 0.458. The molecular weight excluding hydrogens is 390 g/mol. The van der Waals surface area contributed by atoms with Crippen molar-refractivity contribution in [3.05, 3.63) is 42.0 Å². The van der Waals surface area contributed by atoms with Crippen molar-refractivity contribution in [2.45, 2.75) is 57.2 Å². The van der Waals surface area contributed by atoms with Crippen LogP contribution in [0.15, 0.2) is 36.4 Å².